The van der Waals surface area contributed by atoms with Gasteiger partial charge in [0, 0.05) is 0 Å². The molecule has 0 N–H and O–H groups in total. The topological polar surface area (TPSA) is 23.8 Å². The summed E-state index contributed by atoms with van der Waals surface area (Å²) in [6.07, 6.45) is 23.6. The SMILES string of the molecule is CCCCCCC[C@H]1CC=C([C@]2(C#N)CC[C@H](CCCC)CC2)CC1. The Morgan fingerprint density at radius 2 is 1.60 bits per heavy atom. The van der Waals surface area contributed by atoms with E-state index in [-0.39, 0.29) is 5.41 Å². The molecule has 0 aliphatic heterocycles. The lowest BCUT2D eigenvalue weighted by Gasteiger charge is -2.39. The zero-order valence-corrected chi connectivity index (χ0v) is 17.0. The van der Waals surface area contributed by atoms with Crippen LogP contribution in [-0.4, -0.2) is 0 Å². The molecule has 2 aliphatic rings. The first-order valence-corrected chi connectivity index (χ1v) is 11.3. The molecule has 1 nitrogen and oxygen atoms in total. The van der Waals surface area contributed by atoms with Gasteiger partial charge in [-0.15, -0.1) is 0 Å². The van der Waals surface area contributed by atoms with Gasteiger partial charge in [-0.05, 0) is 56.8 Å². The summed E-state index contributed by atoms with van der Waals surface area (Å²) in [5.41, 5.74) is 1.43. The molecule has 0 spiro atoms. The molecule has 1 heteroatoms. The zero-order chi connectivity index (χ0) is 18.0. The number of hydrogen-bond donors (Lipinski definition) is 0. The van der Waals surface area contributed by atoms with Gasteiger partial charge in [-0.2, -0.15) is 5.26 Å². The summed E-state index contributed by atoms with van der Waals surface area (Å²) in [5.74, 6) is 1.78. The van der Waals surface area contributed by atoms with Gasteiger partial charge in [-0.1, -0.05) is 83.3 Å². The van der Waals surface area contributed by atoms with Crippen molar-refractivity contribution >= 4 is 0 Å². The van der Waals surface area contributed by atoms with Gasteiger partial charge in [-0.3, -0.25) is 0 Å². The second-order valence-corrected chi connectivity index (χ2v) is 8.85. The van der Waals surface area contributed by atoms with Crippen LogP contribution in [0.15, 0.2) is 11.6 Å². The maximum Gasteiger partial charge on any atom is 0.0782 e. The van der Waals surface area contributed by atoms with Crippen LogP contribution in [0.1, 0.15) is 117 Å². The first-order valence-electron chi connectivity index (χ1n) is 11.3. The molecule has 0 unspecified atom stereocenters. The summed E-state index contributed by atoms with van der Waals surface area (Å²) in [4.78, 5) is 0. The van der Waals surface area contributed by atoms with Crippen molar-refractivity contribution in [3.8, 4) is 6.07 Å². The molecule has 1 fully saturated rings. The third kappa shape index (κ3) is 6.16. The fraction of sp³-hybridized carbons (Fsp3) is 0.875. The highest BCUT2D eigenvalue weighted by Crippen LogP contribution is 2.48. The highest BCUT2D eigenvalue weighted by atomic mass is 14.4. The van der Waals surface area contributed by atoms with Gasteiger partial charge in [0.15, 0.2) is 0 Å². The van der Waals surface area contributed by atoms with Gasteiger partial charge in [0.05, 0.1) is 11.5 Å². The third-order valence-electron chi connectivity index (χ3n) is 6.99. The Kier molecular flexibility index (Phi) is 9.08. The van der Waals surface area contributed by atoms with Gasteiger partial charge in [0.25, 0.3) is 0 Å². The Morgan fingerprint density at radius 1 is 0.920 bits per heavy atom. The average molecular weight is 344 g/mol. The molecule has 0 aromatic carbocycles. The standard InChI is InChI=1S/C24H41N/c1-3-5-7-8-9-11-21-12-14-23(15-13-21)24(20-25)18-16-22(17-19-24)10-6-4-2/h14,21-22H,3-13,15-19H2,1-2H3/t21-,22-,24+/m0/s1. The summed E-state index contributed by atoms with van der Waals surface area (Å²) in [7, 11) is 0. The Balaban J connectivity index is 1.78. The number of unbranched alkanes of at least 4 members (excludes halogenated alkanes) is 5. The van der Waals surface area contributed by atoms with Crippen LogP contribution in [0.4, 0.5) is 0 Å². The number of hydrogen-bond acceptors (Lipinski definition) is 1. The lowest BCUT2D eigenvalue weighted by molar-refractivity contribution is 0.222. The van der Waals surface area contributed by atoms with Crippen LogP contribution in [0, 0.1) is 28.6 Å². The number of nitriles is 1. The van der Waals surface area contributed by atoms with Crippen LogP contribution in [0.25, 0.3) is 0 Å². The number of nitrogens with zero attached hydrogens (tertiary/aromatic N) is 1. The highest BCUT2D eigenvalue weighted by molar-refractivity contribution is 5.26. The Labute approximate surface area is 157 Å². The zero-order valence-electron chi connectivity index (χ0n) is 17.0. The number of allylic oxidation sites excluding steroid dienone is 2. The van der Waals surface area contributed by atoms with Crippen LogP contribution in [0.3, 0.4) is 0 Å². The van der Waals surface area contributed by atoms with Crippen molar-refractivity contribution in [3.05, 3.63) is 11.6 Å². The largest absolute Gasteiger partial charge is 0.197 e. The van der Waals surface area contributed by atoms with E-state index < -0.39 is 0 Å². The molecule has 0 aromatic rings. The molecule has 0 heterocycles. The van der Waals surface area contributed by atoms with Crippen molar-refractivity contribution in [2.75, 3.05) is 0 Å². The average Bonchev–Trinajstić information content (AvgIpc) is 2.67. The van der Waals surface area contributed by atoms with E-state index in [1.165, 1.54) is 95.5 Å². The van der Waals surface area contributed by atoms with E-state index in [9.17, 15) is 5.26 Å². The maximum absolute atomic E-state index is 9.96. The molecule has 0 saturated heterocycles. The molecule has 1 saturated carbocycles. The van der Waals surface area contributed by atoms with E-state index in [0.717, 1.165) is 24.7 Å². The quantitative estimate of drug-likeness (QED) is 0.291. The molecule has 2 rings (SSSR count). The second kappa shape index (κ2) is 11.1. The lowest BCUT2D eigenvalue weighted by atomic mass is 9.64. The van der Waals surface area contributed by atoms with Crippen LogP contribution in [0.5, 0.6) is 0 Å². The summed E-state index contributed by atoms with van der Waals surface area (Å²) in [6, 6.07) is 2.78. The van der Waals surface area contributed by atoms with Gasteiger partial charge in [0.2, 0.25) is 0 Å². The number of rotatable bonds is 10. The van der Waals surface area contributed by atoms with E-state index in [0.29, 0.717) is 0 Å². The van der Waals surface area contributed by atoms with E-state index in [1.807, 2.05) is 0 Å². The van der Waals surface area contributed by atoms with E-state index in [2.05, 4.69) is 26.0 Å². The molecule has 2 aliphatic carbocycles. The van der Waals surface area contributed by atoms with Crippen molar-refractivity contribution in [2.24, 2.45) is 17.3 Å². The second-order valence-electron chi connectivity index (χ2n) is 8.85. The van der Waals surface area contributed by atoms with Crippen LogP contribution in [-0.2, 0) is 0 Å². The first-order chi connectivity index (χ1) is 12.2. The van der Waals surface area contributed by atoms with Gasteiger partial charge >= 0.3 is 0 Å². The molecular weight excluding hydrogens is 302 g/mol. The van der Waals surface area contributed by atoms with Crippen LogP contribution < -0.4 is 0 Å². The molecule has 0 radical (unpaired) electrons. The molecule has 1 atom stereocenters. The summed E-state index contributed by atoms with van der Waals surface area (Å²) in [6.45, 7) is 4.57. The highest BCUT2D eigenvalue weighted by Gasteiger charge is 2.39. The molecule has 142 valence electrons. The Bertz CT molecular complexity index is 434. The fourth-order valence-corrected chi connectivity index (χ4v) is 5.08. The molecular formula is C24H41N. The molecule has 0 bridgehead atoms. The minimum absolute atomic E-state index is 0.0885. The molecule has 0 aromatic heterocycles. The fourth-order valence-electron chi connectivity index (χ4n) is 5.08. The normalized spacial score (nSPS) is 29.9. The smallest absolute Gasteiger partial charge is 0.0782 e. The third-order valence-corrected chi connectivity index (χ3v) is 6.99. The minimum atomic E-state index is -0.0885. The Hall–Kier alpha value is -0.770. The van der Waals surface area contributed by atoms with Crippen molar-refractivity contribution in [2.45, 2.75) is 117 Å². The van der Waals surface area contributed by atoms with Crippen LogP contribution in [0.2, 0.25) is 0 Å². The van der Waals surface area contributed by atoms with Crippen molar-refractivity contribution in [1.82, 2.24) is 0 Å². The van der Waals surface area contributed by atoms with E-state index >= 15 is 0 Å². The van der Waals surface area contributed by atoms with E-state index in [1.54, 1.807) is 0 Å². The van der Waals surface area contributed by atoms with Crippen molar-refractivity contribution in [1.29, 1.82) is 5.26 Å². The summed E-state index contributed by atoms with van der Waals surface area (Å²) < 4.78 is 0. The predicted molar refractivity (Wildman–Crippen MR) is 108 cm³/mol. The van der Waals surface area contributed by atoms with Gasteiger partial charge < -0.3 is 0 Å². The lowest BCUT2D eigenvalue weighted by Crippen LogP contribution is -2.29. The first kappa shape index (κ1) is 20.5. The van der Waals surface area contributed by atoms with E-state index in [4.69, 9.17) is 0 Å². The van der Waals surface area contributed by atoms with Gasteiger partial charge in [-0.25, -0.2) is 0 Å². The van der Waals surface area contributed by atoms with Crippen molar-refractivity contribution < 1.29 is 0 Å². The maximum atomic E-state index is 9.96. The van der Waals surface area contributed by atoms with Gasteiger partial charge in [0.1, 0.15) is 0 Å². The van der Waals surface area contributed by atoms with Crippen molar-refractivity contribution in [3.63, 3.8) is 0 Å². The van der Waals surface area contributed by atoms with Crippen LogP contribution >= 0.6 is 0 Å². The Morgan fingerprint density at radius 3 is 2.20 bits per heavy atom. The monoisotopic (exact) mass is 343 g/mol. The summed E-state index contributed by atoms with van der Waals surface area (Å²) in [5, 5.41) is 9.96. The molecule has 0 amide bonds. The predicted octanol–water partition coefficient (Wildman–Crippen LogP) is 7.96. The summed E-state index contributed by atoms with van der Waals surface area (Å²) >= 11 is 0. The molecule has 25 heavy (non-hydrogen) atoms. The minimum Gasteiger partial charge on any atom is -0.197 e.